The Morgan fingerprint density at radius 1 is 1.53 bits per heavy atom. The topological polar surface area (TPSA) is 49.8 Å². The highest BCUT2D eigenvalue weighted by Gasteiger charge is 2.33. The molecule has 2 atom stereocenters. The molecule has 0 aliphatic carbocycles. The molecule has 0 spiro atoms. The lowest BCUT2D eigenvalue weighted by Gasteiger charge is -2.25. The number of likely N-dealkylation sites (tertiary alicyclic amines) is 1. The molecule has 1 aromatic carbocycles. The van der Waals surface area contributed by atoms with E-state index in [-0.39, 0.29) is 25.2 Å². The van der Waals surface area contributed by atoms with Crippen LogP contribution < -0.4 is 4.74 Å². The number of halogens is 1. The lowest BCUT2D eigenvalue weighted by molar-refractivity contribution is -0.135. The highest BCUT2D eigenvalue weighted by atomic mass is 35.5. The number of hydrogen-bond acceptors (Lipinski definition) is 3. The van der Waals surface area contributed by atoms with Gasteiger partial charge in [-0.25, -0.2) is 0 Å². The molecule has 1 amide bonds. The fraction of sp³-hybridized carbons (Fsp3) is 0.500. The van der Waals surface area contributed by atoms with E-state index in [1.54, 1.807) is 29.2 Å². The second-order valence-electron chi connectivity index (χ2n) is 4.82. The van der Waals surface area contributed by atoms with Crippen molar-refractivity contribution in [1.82, 2.24) is 4.90 Å². The van der Waals surface area contributed by atoms with Crippen molar-refractivity contribution in [2.45, 2.75) is 19.4 Å². The molecule has 2 rings (SSSR count). The lowest BCUT2D eigenvalue weighted by Crippen LogP contribution is -2.42. The van der Waals surface area contributed by atoms with Gasteiger partial charge in [-0.1, -0.05) is 30.7 Å². The average molecular weight is 284 g/mol. The maximum absolute atomic E-state index is 12.1. The van der Waals surface area contributed by atoms with Gasteiger partial charge in [-0.05, 0) is 24.5 Å². The van der Waals surface area contributed by atoms with Crippen molar-refractivity contribution >= 4 is 17.5 Å². The number of carbonyl (C=O) groups is 1. The third-order valence-corrected chi connectivity index (χ3v) is 3.89. The third kappa shape index (κ3) is 3.19. The number of carbonyl (C=O) groups excluding carboxylic acids is 1. The SMILES string of the molecule is CC1CCN(C(=O)COc2ccccc2Cl)C1CO. The number of amides is 1. The van der Waals surface area contributed by atoms with E-state index in [0.29, 0.717) is 23.2 Å². The number of benzene rings is 1. The molecule has 1 heterocycles. The van der Waals surface area contributed by atoms with Gasteiger partial charge in [0.2, 0.25) is 0 Å². The Balaban J connectivity index is 1.93. The Bertz CT molecular complexity index is 452. The summed E-state index contributed by atoms with van der Waals surface area (Å²) in [6, 6.07) is 6.96. The van der Waals surface area contributed by atoms with Gasteiger partial charge in [0.15, 0.2) is 6.61 Å². The summed E-state index contributed by atoms with van der Waals surface area (Å²) in [7, 11) is 0. The summed E-state index contributed by atoms with van der Waals surface area (Å²) < 4.78 is 5.43. The van der Waals surface area contributed by atoms with E-state index in [0.717, 1.165) is 6.42 Å². The summed E-state index contributed by atoms with van der Waals surface area (Å²) in [6.07, 6.45) is 0.920. The molecule has 0 saturated carbocycles. The number of ether oxygens (including phenoxy) is 1. The predicted octanol–water partition coefficient (Wildman–Crippen LogP) is 1.95. The average Bonchev–Trinajstić information content (AvgIpc) is 2.78. The number of para-hydroxylation sites is 1. The zero-order valence-electron chi connectivity index (χ0n) is 10.9. The molecule has 1 aliphatic rings. The highest BCUT2D eigenvalue weighted by molar-refractivity contribution is 6.32. The molecule has 1 N–H and O–H groups in total. The number of hydrogen-bond donors (Lipinski definition) is 1. The van der Waals surface area contributed by atoms with Crippen LogP contribution in [0.4, 0.5) is 0 Å². The van der Waals surface area contributed by atoms with Gasteiger partial charge in [0.1, 0.15) is 5.75 Å². The molecule has 0 radical (unpaired) electrons. The minimum atomic E-state index is -0.108. The smallest absolute Gasteiger partial charge is 0.260 e. The normalized spacial score (nSPS) is 22.6. The zero-order valence-corrected chi connectivity index (χ0v) is 11.6. The van der Waals surface area contributed by atoms with Gasteiger partial charge >= 0.3 is 0 Å². The largest absolute Gasteiger partial charge is 0.482 e. The summed E-state index contributed by atoms with van der Waals surface area (Å²) in [6.45, 7) is 2.67. The van der Waals surface area contributed by atoms with Crippen molar-refractivity contribution in [1.29, 1.82) is 0 Å². The summed E-state index contributed by atoms with van der Waals surface area (Å²) in [4.78, 5) is 13.8. The quantitative estimate of drug-likeness (QED) is 0.919. The number of aliphatic hydroxyl groups excluding tert-OH is 1. The second kappa shape index (κ2) is 6.26. The Morgan fingerprint density at radius 2 is 2.26 bits per heavy atom. The molecule has 104 valence electrons. The molecule has 2 unspecified atom stereocenters. The van der Waals surface area contributed by atoms with Gasteiger partial charge < -0.3 is 14.7 Å². The van der Waals surface area contributed by atoms with E-state index in [1.807, 2.05) is 6.92 Å². The summed E-state index contributed by atoms with van der Waals surface area (Å²) >= 11 is 5.96. The zero-order chi connectivity index (χ0) is 13.8. The molecule has 1 saturated heterocycles. The summed E-state index contributed by atoms with van der Waals surface area (Å²) in [5, 5.41) is 9.82. The van der Waals surface area contributed by atoms with Gasteiger partial charge in [0.25, 0.3) is 5.91 Å². The van der Waals surface area contributed by atoms with Crippen molar-refractivity contribution in [3.8, 4) is 5.75 Å². The second-order valence-corrected chi connectivity index (χ2v) is 5.23. The van der Waals surface area contributed by atoms with Crippen LogP contribution in [0.1, 0.15) is 13.3 Å². The number of rotatable bonds is 4. The fourth-order valence-corrected chi connectivity index (χ4v) is 2.57. The van der Waals surface area contributed by atoms with E-state index < -0.39 is 0 Å². The van der Waals surface area contributed by atoms with Gasteiger partial charge in [0.05, 0.1) is 17.7 Å². The Morgan fingerprint density at radius 3 is 2.95 bits per heavy atom. The van der Waals surface area contributed by atoms with Crippen LogP contribution >= 0.6 is 11.6 Å². The van der Waals surface area contributed by atoms with Crippen molar-refractivity contribution in [3.05, 3.63) is 29.3 Å². The maximum Gasteiger partial charge on any atom is 0.260 e. The standard InChI is InChI=1S/C14H18ClNO3/c1-10-6-7-16(12(10)8-17)14(18)9-19-13-5-3-2-4-11(13)15/h2-5,10,12,17H,6-9H2,1H3. The van der Waals surface area contributed by atoms with Crippen LogP contribution in [0.3, 0.4) is 0 Å². The van der Waals surface area contributed by atoms with Crippen LogP contribution in [0.15, 0.2) is 24.3 Å². The van der Waals surface area contributed by atoms with Gasteiger partial charge in [-0.2, -0.15) is 0 Å². The van der Waals surface area contributed by atoms with Crippen molar-refractivity contribution in [3.63, 3.8) is 0 Å². The Labute approximate surface area is 117 Å². The third-order valence-electron chi connectivity index (χ3n) is 3.58. The van der Waals surface area contributed by atoms with Crippen molar-refractivity contribution < 1.29 is 14.6 Å². The molecule has 19 heavy (non-hydrogen) atoms. The van der Waals surface area contributed by atoms with Crippen LogP contribution in [0.25, 0.3) is 0 Å². The van der Waals surface area contributed by atoms with Crippen LogP contribution in [-0.4, -0.2) is 41.7 Å². The van der Waals surface area contributed by atoms with Crippen LogP contribution in [0, 0.1) is 5.92 Å². The van der Waals surface area contributed by atoms with Gasteiger partial charge in [-0.3, -0.25) is 4.79 Å². The molecule has 0 bridgehead atoms. The lowest BCUT2D eigenvalue weighted by atomic mass is 10.0. The fourth-order valence-electron chi connectivity index (χ4n) is 2.38. The van der Waals surface area contributed by atoms with Gasteiger partial charge in [0, 0.05) is 6.54 Å². The van der Waals surface area contributed by atoms with E-state index in [2.05, 4.69) is 0 Å². The van der Waals surface area contributed by atoms with E-state index in [9.17, 15) is 9.90 Å². The molecule has 1 fully saturated rings. The monoisotopic (exact) mass is 283 g/mol. The molecule has 5 heteroatoms. The van der Waals surface area contributed by atoms with Gasteiger partial charge in [-0.15, -0.1) is 0 Å². The molecule has 1 aromatic rings. The maximum atomic E-state index is 12.1. The Kier molecular flexibility index (Phi) is 4.66. The first-order chi connectivity index (χ1) is 9.13. The number of nitrogens with zero attached hydrogens (tertiary/aromatic N) is 1. The van der Waals surface area contributed by atoms with Crippen molar-refractivity contribution in [2.75, 3.05) is 19.8 Å². The first-order valence-electron chi connectivity index (χ1n) is 6.41. The van der Waals surface area contributed by atoms with Crippen LogP contribution in [0.5, 0.6) is 5.75 Å². The molecular weight excluding hydrogens is 266 g/mol. The summed E-state index contributed by atoms with van der Waals surface area (Å²) in [5.74, 6) is 0.725. The molecule has 0 aromatic heterocycles. The van der Waals surface area contributed by atoms with Crippen molar-refractivity contribution in [2.24, 2.45) is 5.92 Å². The minimum Gasteiger partial charge on any atom is -0.482 e. The van der Waals surface area contributed by atoms with Crippen LogP contribution in [0.2, 0.25) is 5.02 Å². The first-order valence-corrected chi connectivity index (χ1v) is 6.79. The van der Waals surface area contributed by atoms with E-state index in [1.165, 1.54) is 0 Å². The molecule has 1 aliphatic heterocycles. The summed E-state index contributed by atoms with van der Waals surface area (Å²) in [5.41, 5.74) is 0. The number of aliphatic hydroxyl groups is 1. The highest BCUT2D eigenvalue weighted by Crippen LogP contribution is 2.25. The first kappa shape index (κ1) is 14.2. The minimum absolute atomic E-state index is 0.000992. The Hall–Kier alpha value is -1.26. The molecule has 4 nitrogen and oxygen atoms in total. The molecular formula is C14H18ClNO3. The predicted molar refractivity (Wildman–Crippen MR) is 73.3 cm³/mol. The van der Waals surface area contributed by atoms with Crippen LogP contribution in [-0.2, 0) is 4.79 Å². The van der Waals surface area contributed by atoms with E-state index >= 15 is 0 Å². The van der Waals surface area contributed by atoms with E-state index in [4.69, 9.17) is 16.3 Å².